The van der Waals surface area contributed by atoms with E-state index in [9.17, 15) is 0 Å². The average Bonchev–Trinajstić information content (AvgIpc) is 2.65. The molecule has 0 bridgehead atoms. The van der Waals surface area contributed by atoms with Crippen LogP contribution in [-0.2, 0) is 6.61 Å². The molecule has 2 rings (SSSR count). The molecule has 0 atom stereocenters. The molecule has 1 aromatic rings. The predicted octanol–water partition coefficient (Wildman–Crippen LogP) is 2.32. The molecular formula is C11H16O3. The normalized spacial score (nSPS) is 11.9. The van der Waals surface area contributed by atoms with Gasteiger partial charge < -0.3 is 14.6 Å². The Balaban J connectivity index is 0.000000293. The summed E-state index contributed by atoms with van der Waals surface area (Å²) in [6.45, 7) is 4.57. The predicted molar refractivity (Wildman–Crippen MR) is 54.5 cm³/mol. The van der Waals surface area contributed by atoms with Gasteiger partial charge in [0.05, 0.1) is 6.61 Å². The number of benzene rings is 1. The number of aliphatic hydroxyl groups is 1. The number of ether oxygens (including phenoxy) is 2. The van der Waals surface area contributed by atoms with Crippen molar-refractivity contribution < 1.29 is 14.6 Å². The summed E-state index contributed by atoms with van der Waals surface area (Å²) in [6.07, 6.45) is 1.25. The summed E-state index contributed by atoms with van der Waals surface area (Å²) in [4.78, 5) is 0. The second kappa shape index (κ2) is 5.50. The highest BCUT2D eigenvalue weighted by Gasteiger charge is 2.12. The van der Waals surface area contributed by atoms with Crippen LogP contribution in [0.1, 0.15) is 25.8 Å². The number of fused-ring (bicyclic) bond motifs is 1. The van der Waals surface area contributed by atoms with Crippen LogP contribution in [0.15, 0.2) is 18.2 Å². The molecule has 0 saturated carbocycles. The summed E-state index contributed by atoms with van der Waals surface area (Å²) in [7, 11) is 0. The molecule has 1 N–H and O–H groups in total. The van der Waals surface area contributed by atoms with Gasteiger partial charge in [-0.05, 0) is 17.7 Å². The second-order valence-corrected chi connectivity index (χ2v) is 3.05. The molecule has 0 aliphatic carbocycles. The molecule has 14 heavy (non-hydrogen) atoms. The van der Waals surface area contributed by atoms with Gasteiger partial charge >= 0.3 is 0 Å². The smallest absolute Gasteiger partial charge is 0.231 e. The molecule has 0 saturated heterocycles. The second-order valence-electron chi connectivity index (χ2n) is 3.05. The summed E-state index contributed by atoms with van der Waals surface area (Å²) < 4.78 is 10.2. The van der Waals surface area contributed by atoms with Gasteiger partial charge in [0.2, 0.25) is 6.79 Å². The van der Waals surface area contributed by atoms with Crippen LogP contribution in [-0.4, -0.2) is 11.9 Å². The van der Waals surface area contributed by atoms with Gasteiger partial charge in [-0.1, -0.05) is 26.3 Å². The van der Waals surface area contributed by atoms with Crippen molar-refractivity contribution in [2.24, 2.45) is 0 Å². The van der Waals surface area contributed by atoms with Crippen LogP contribution >= 0.6 is 0 Å². The van der Waals surface area contributed by atoms with E-state index >= 15 is 0 Å². The Labute approximate surface area is 84.3 Å². The van der Waals surface area contributed by atoms with E-state index in [4.69, 9.17) is 14.6 Å². The van der Waals surface area contributed by atoms with E-state index < -0.39 is 0 Å². The summed E-state index contributed by atoms with van der Waals surface area (Å²) in [5.74, 6) is 1.47. The Hall–Kier alpha value is -1.22. The Morgan fingerprint density at radius 2 is 1.86 bits per heavy atom. The molecular weight excluding hydrogens is 180 g/mol. The van der Waals surface area contributed by atoms with Crippen molar-refractivity contribution in [1.29, 1.82) is 0 Å². The van der Waals surface area contributed by atoms with E-state index in [-0.39, 0.29) is 13.4 Å². The average molecular weight is 196 g/mol. The number of hydrogen-bond donors (Lipinski definition) is 1. The van der Waals surface area contributed by atoms with Crippen molar-refractivity contribution in [2.75, 3.05) is 6.79 Å². The largest absolute Gasteiger partial charge is 0.454 e. The van der Waals surface area contributed by atoms with Gasteiger partial charge in [0.1, 0.15) is 0 Å². The highest BCUT2D eigenvalue weighted by Crippen LogP contribution is 2.32. The maximum absolute atomic E-state index is 8.77. The molecule has 0 amide bonds. The quantitative estimate of drug-likeness (QED) is 0.749. The fourth-order valence-electron chi connectivity index (χ4n) is 1.04. The van der Waals surface area contributed by atoms with E-state index in [2.05, 4.69) is 13.8 Å². The van der Waals surface area contributed by atoms with Crippen molar-refractivity contribution in [3.05, 3.63) is 23.8 Å². The third kappa shape index (κ3) is 2.64. The van der Waals surface area contributed by atoms with Crippen LogP contribution < -0.4 is 9.47 Å². The van der Waals surface area contributed by atoms with E-state index in [1.807, 2.05) is 6.07 Å². The summed E-state index contributed by atoms with van der Waals surface area (Å²) in [6, 6.07) is 5.39. The standard InChI is InChI=1S/C8H8O3.C3H8/c9-4-6-1-2-7-8(3-6)11-5-10-7;1-3-2/h1-3,9H,4-5H2;3H2,1-2H3. The highest BCUT2D eigenvalue weighted by atomic mass is 16.7. The maximum atomic E-state index is 8.77. The summed E-state index contributed by atoms with van der Waals surface area (Å²) >= 11 is 0. The van der Waals surface area contributed by atoms with Gasteiger partial charge in [-0.15, -0.1) is 0 Å². The van der Waals surface area contributed by atoms with Crippen LogP contribution in [0.2, 0.25) is 0 Å². The molecule has 78 valence electrons. The third-order valence-electron chi connectivity index (χ3n) is 1.62. The molecule has 3 nitrogen and oxygen atoms in total. The third-order valence-corrected chi connectivity index (χ3v) is 1.62. The van der Waals surface area contributed by atoms with Gasteiger partial charge in [0.25, 0.3) is 0 Å². The van der Waals surface area contributed by atoms with E-state index in [1.54, 1.807) is 12.1 Å². The first-order valence-corrected chi connectivity index (χ1v) is 4.81. The van der Waals surface area contributed by atoms with Crippen molar-refractivity contribution in [2.45, 2.75) is 26.9 Å². The summed E-state index contributed by atoms with van der Waals surface area (Å²) in [5.41, 5.74) is 0.842. The molecule has 0 fully saturated rings. The number of rotatable bonds is 1. The number of aliphatic hydroxyl groups excluding tert-OH is 1. The van der Waals surface area contributed by atoms with Crippen molar-refractivity contribution >= 4 is 0 Å². The fourth-order valence-corrected chi connectivity index (χ4v) is 1.04. The Kier molecular flexibility index (Phi) is 4.26. The lowest BCUT2D eigenvalue weighted by Gasteiger charge is -1.97. The first-order valence-electron chi connectivity index (χ1n) is 4.81. The molecule has 0 unspecified atom stereocenters. The summed E-state index contributed by atoms with van der Waals surface area (Å²) in [5, 5.41) is 8.77. The van der Waals surface area contributed by atoms with Gasteiger partial charge in [-0.2, -0.15) is 0 Å². The lowest BCUT2D eigenvalue weighted by molar-refractivity contribution is 0.174. The zero-order valence-corrected chi connectivity index (χ0v) is 8.62. The van der Waals surface area contributed by atoms with Crippen molar-refractivity contribution in [1.82, 2.24) is 0 Å². The SMILES string of the molecule is CCC.OCc1ccc2c(c1)OCO2. The molecule has 0 spiro atoms. The van der Waals surface area contributed by atoms with Gasteiger partial charge in [-0.3, -0.25) is 0 Å². The molecule has 3 heteroatoms. The topological polar surface area (TPSA) is 38.7 Å². The molecule has 1 aliphatic heterocycles. The van der Waals surface area contributed by atoms with Crippen LogP contribution in [0.25, 0.3) is 0 Å². The number of hydrogen-bond acceptors (Lipinski definition) is 3. The lowest BCUT2D eigenvalue weighted by atomic mass is 10.2. The van der Waals surface area contributed by atoms with Crippen molar-refractivity contribution in [3.63, 3.8) is 0 Å². The van der Waals surface area contributed by atoms with E-state index in [0.717, 1.165) is 17.1 Å². The lowest BCUT2D eigenvalue weighted by Crippen LogP contribution is -1.92. The highest BCUT2D eigenvalue weighted by molar-refractivity contribution is 5.44. The zero-order valence-electron chi connectivity index (χ0n) is 8.62. The van der Waals surface area contributed by atoms with Crippen LogP contribution in [0, 0.1) is 0 Å². The first kappa shape index (κ1) is 10.9. The van der Waals surface area contributed by atoms with Gasteiger partial charge in [0, 0.05) is 0 Å². The molecule has 0 aromatic heterocycles. The first-order chi connectivity index (χ1) is 6.81. The van der Waals surface area contributed by atoms with Crippen LogP contribution in [0.4, 0.5) is 0 Å². The molecule has 1 aromatic carbocycles. The van der Waals surface area contributed by atoms with Crippen LogP contribution in [0.5, 0.6) is 11.5 Å². The Morgan fingerprint density at radius 1 is 1.21 bits per heavy atom. The Morgan fingerprint density at radius 3 is 2.50 bits per heavy atom. The minimum absolute atomic E-state index is 0.0383. The monoisotopic (exact) mass is 196 g/mol. The Bertz CT molecular complexity index is 284. The zero-order chi connectivity index (χ0) is 10.4. The van der Waals surface area contributed by atoms with Gasteiger partial charge in [0.15, 0.2) is 11.5 Å². The van der Waals surface area contributed by atoms with Crippen LogP contribution in [0.3, 0.4) is 0 Å². The van der Waals surface area contributed by atoms with E-state index in [1.165, 1.54) is 6.42 Å². The maximum Gasteiger partial charge on any atom is 0.231 e. The minimum atomic E-state index is 0.0383. The van der Waals surface area contributed by atoms with Gasteiger partial charge in [-0.25, -0.2) is 0 Å². The molecule has 1 aliphatic rings. The minimum Gasteiger partial charge on any atom is -0.454 e. The molecule has 1 heterocycles. The fraction of sp³-hybridized carbons (Fsp3) is 0.455. The van der Waals surface area contributed by atoms with Crippen molar-refractivity contribution in [3.8, 4) is 11.5 Å². The molecule has 0 radical (unpaired) electrons. The van der Waals surface area contributed by atoms with E-state index in [0.29, 0.717) is 0 Å².